The summed E-state index contributed by atoms with van der Waals surface area (Å²) >= 11 is 0. The number of nitrogens with zero attached hydrogens (tertiary/aromatic N) is 2. The first-order valence-corrected chi connectivity index (χ1v) is 8.30. The second-order valence-corrected chi connectivity index (χ2v) is 6.38. The van der Waals surface area contributed by atoms with Gasteiger partial charge in [-0.25, -0.2) is 0 Å². The first-order valence-electron chi connectivity index (χ1n) is 8.30. The summed E-state index contributed by atoms with van der Waals surface area (Å²) in [5.41, 5.74) is 2.94. The Morgan fingerprint density at radius 1 is 0.840 bits per heavy atom. The SMILES string of the molecule is CN(C)c1ccc(NC(=O)CN(C)c2ccc3ccccc3c2)cc1. The Labute approximate surface area is 148 Å². The Hall–Kier alpha value is -3.01. The van der Waals surface area contributed by atoms with E-state index < -0.39 is 0 Å². The van der Waals surface area contributed by atoms with Gasteiger partial charge in [0.25, 0.3) is 0 Å². The number of rotatable bonds is 5. The van der Waals surface area contributed by atoms with Gasteiger partial charge in [-0.05, 0) is 47.2 Å². The average Bonchev–Trinajstić information content (AvgIpc) is 2.61. The molecular weight excluding hydrogens is 310 g/mol. The lowest BCUT2D eigenvalue weighted by molar-refractivity contribution is -0.114. The van der Waals surface area contributed by atoms with E-state index >= 15 is 0 Å². The van der Waals surface area contributed by atoms with E-state index in [9.17, 15) is 4.79 Å². The molecule has 0 aliphatic carbocycles. The van der Waals surface area contributed by atoms with Gasteiger partial charge in [0.1, 0.15) is 0 Å². The number of likely N-dealkylation sites (N-methyl/N-ethyl adjacent to an activating group) is 1. The molecule has 3 aromatic rings. The van der Waals surface area contributed by atoms with Crippen LogP contribution in [0.3, 0.4) is 0 Å². The highest BCUT2D eigenvalue weighted by Gasteiger charge is 2.09. The summed E-state index contributed by atoms with van der Waals surface area (Å²) in [5.74, 6) is -0.0340. The summed E-state index contributed by atoms with van der Waals surface area (Å²) in [6.07, 6.45) is 0. The van der Waals surface area contributed by atoms with Crippen molar-refractivity contribution in [1.29, 1.82) is 0 Å². The van der Waals surface area contributed by atoms with Crippen molar-refractivity contribution in [3.05, 3.63) is 66.7 Å². The minimum absolute atomic E-state index is 0.0340. The molecule has 3 aromatic carbocycles. The smallest absolute Gasteiger partial charge is 0.243 e. The molecule has 25 heavy (non-hydrogen) atoms. The molecule has 1 N–H and O–H groups in total. The van der Waals surface area contributed by atoms with Crippen molar-refractivity contribution >= 4 is 33.7 Å². The highest BCUT2D eigenvalue weighted by molar-refractivity contribution is 5.94. The number of hydrogen-bond acceptors (Lipinski definition) is 3. The van der Waals surface area contributed by atoms with Crippen molar-refractivity contribution in [2.45, 2.75) is 0 Å². The normalized spacial score (nSPS) is 10.5. The van der Waals surface area contributed by atoms with Gasteiger partial charge >= 0.3 is 0 Å². The molecule has 1 amide bonds. The van der Waals surface area contributed by atoms with Crippen LogP contribution in [0.2, 0.25) is 0 Å². The molecule has 0 aliphatic rings. The Kier molecular flexibility index (Phi) is 4.89. The van der Waals surface area contributed by atoms with E-state index in [0.29, 0.717) is 6.54 Å². The fourth-order valence-electron chi connectivity index (χ4n) is 2.76. The number of nitrogens with one attached hydrogen (secondary N) is 1. The molecule has 0 bridgehead atoms. The van der Waals surface area contributed by atoms with Gasteiger partial charge in [0.2, 0.25) is 5.91 Å². The number of anilines is 3. The summed E-state index contributed by atoms with van der Waals surface area (Å²) in [7, 11) is 5.91. The molecule has 128 valence electrons. The third-order valence-corrected chi connectivity index (χ3v) is 4.22. The van der Waals surface area contributed by atoms with E-state index in [0.717, 1.165) is 17.1 Å². The summed E-state index contributed by atoms with van der Waals surface area (Å²) in [5, 5.41) is 5.32. The fraction of sp³-hybridized carbons (Fsp3) is 0.190. The van der Waals surface area contributed by atoms with Crippen LogP contribution >= 0.6 is 0 Å². The Morgan fingerprint density at radius 3 is 2.16 bits per heavy atom. The van der Waals surface area contributed by atoms with Crippen molar-refractivity contribution in [2.75, 3.05) is 42.8 Å². The van der Waals surface area contributed by atoms with Crippen LogP contribution in [-0.2, 0) is 4.79 Å². The number of carbonyl (C=O) groups excluding carboxylic acids is 1. The molecule has 3 rings (SSSR count). The molecule has 0 aliphatic heterocycles. The largest absolute Gasteiger partial charge is 0.378 e. The Bertz CT molecular complexity index is 872. The molecule has 0 atom stereocenters. The van der Waals surface area contributed by atoms with Crippen LogP contribution in [0.5, 0.6) is 0 Å². The van der Waals surface area contributed by atoms with Crippen molar-refractivity contribution in [1.82, 2.24) is 0 Å². The predicted octanol–water partition coefficient (Wildman–Crippen LogP) is 3.98. The summed E-state index contributed by atoms with van der Waals surface area (Å²) in [4.78, 5) is 16.3. The quantitative estimate of drug-likeness (QED) is 0.767. The topological polar surface area (TPSA) is 35.6 Å². The third kappa shape index (κ3) is 4.10. The van der Waals surface area contributed by atoms with E-state index in [-0.39, 0.29) is 5.91 Å². The molecular formula is C21H23N3O. The third-order valence-electron chi connectivity index (χ3n) is 4.22. The summed E-state index contributed by atoms with van der Waals surface area (Å²) in [6.45, 7) is 0.299. The van der Waals surface area contributed by atoms with Crippen LogP contribution in [0.15, 0.2) is 66.7 Å². The first-order chi connectivity index (χ1) is 12.0. The molecule has 0 aromatic heterocycles. The zero-order chi connectivity index (χ0) is 17.8. The first kappa shape index (κ1) is 16.8. The lowest BCUT2D eigenvalue weighted by atomic mass is 10.1. The predicted molar refractivity (Wildman–Crippen MR) is 107 cm³/mol. The van der Waals surface area contributed by atoms with Gasteiger partial charge in [-0.15, -0.1) is 0 Å². The summed E-state index contributed by atoms with van der Waals surface area (Å²) < 4.78 is 0. The highest BCUT2D eigenvalue weighted by Crippen LogP contribution is 2.21. The lowest BCUT2D eigenvalue weighted by Gasteiger charge is -2.19. The Balaban J connectivity index is 1.64. The lowest BCUT2D eigenvalue weighted by Crippen LogP contribution is -2.30. The van der Waals surface area contributed by atoms with Gasteiger partial charge in [-0.3, -0.25) is 4.79 Å². The maximum absolute atomic E-state index is 12.3. The van der Waals surface area contributed by atoms with Crippen LogP contribution < -0.4 is 15.1 Å². The van der Waals surface area contributed by atoms with Crippen LogP contribution in [0.4, 0.5) is 17.1 Å². The zero-order valence-electron chi connectivity index (χ0n) is 14.9. The number of amides is 1. The monoisotopic (exact) mass is 333 g/mol. The maximum Gasteiger partial charge on any atom is 0.243 e. The van der Waals surface area contributed by atoms with Gasteiger partial charge in [0, 0.05) is 38.2 Å². The molecule has 4 nitrogen and oxygen atoms in total. The molecule has 0 saturated carbocycles. The van der Waals surface area contributed by atoms with E-state index in [4.69, 9.17) is 0 Å². The van der Waals surface area contributed by atoms with Crippen molar-refractivity contribution < 1.29 is 4.79 Å². The van der Waals surface area contributed by atoms with Crippen LogP contribution in [0, 0.1) is 0 Å². The van der Waals surface area contributed by atoms with E-state index in [1.165, 1.54) is 10.8 Å². The molecule has 0 saturated heterocycles. The van der Waals surface area contributed by atoms with Crippen LogP contribution in [0.1, 0.15) is 0 Å². The standard InChI is InChI=1S/C21H23N3O/c1-23(2)19-12-9-18(10-13-19)22-21(25)15-24(3)20-11-8-16-6-4-5-7-17(16)14-20/h4-14H,15H2,1-3H3,(H,22,25). The van der Waals surface area contributed by atoms with Crippen molar-refractivity contribution in [3.63, 3.8) is 0 Å². The number of carbonyl (C=O) groups is 1. The van der Waals surface area contributed by atoms with Crippen molar-refractivity contribution in [3.8, 4) is 0 Å². The number of benzene rings is 3. The fourth-order valence-corrected chi connectivity index (χ4v) is 2.76. The molecule has 4 heteroatoms. The zero-order valence-corrected chi connectivity index (χ0v) is 14.9. The van der Waals surface area contributed by atoms with E-state index in [2.05, 4.69) is 29.6 Å². The van der Waals surface area contributed by atoms with Gasteiger partial charge in [-0.2, -0.15) is 0 Å². The van der Waals surface area contributed by atoms with E-state index in [1.807, 2.05) is 73.4 Å². The minimum Gasteiger partial charge on any atom is -0.378 e. The Morgan fingerprint density at radius 2 is 1.48 bits per heavy atom. The average molecular weight is 333 g/mol. The highest BCUT2D eigenvalue weighted by atomic mass is 16.2. The maximum atomic E-state index is 12.3. The van der Waals surface area contributed by atoms with Gasteiger partial charge in [-0.1, -0.05) is 30.3 Å². The summed E-state index contributed by atoms with van der Waals surface area (Å²) in [6, 6.07) is 22.3. The van der Waals surface area contributed by atoms with Gasteiger partial charge in [0.05, 0.1) is 6.54 Å². The molecule has 0 radical (unpaired) electrons. The van der Waals surface area contributed by atoms with Gasteiger partial charge < -0.3 is 15.1 Å². The number of hydrogen-bond donors (Lipinski definition) is 1. The van der Waals surface area contributed by atoms with E-state index in [1.54, 1.807) is 0 Å². The molecule has 0 fully saturated rings. The second-order valence-electron chi connectivity index (χ2n) is 6.38. The minimum atomic E-state index is -0.0340. The second kappa shape index (κ2) is 7.26. The van der Waals surface area contributed by atoms with Gasteiger partial charge in [0.15, 0.2) is 0 Å². The van der Waals surface area contributed by atoms with Crippen LogP contribution in [0.25, 0.3) is 10.8 Å². The number of fused-ring (bicyclic) bond motifs is 1. The molecule has 0 spiro atoms. The van der Waals surface area contributed by atoms with Crippen LogP contribution in [-0.4, -0.2) is 33.6 Å². The molecule has 0 heterocycles. The van der Waals surface area contributed by atoms with Crippen molar-refractivity contribution in [2.24, 2.45) is 0 Å². The molecule has 0 unspecified atom stereocenters.